The van der Waals surface area contributed by atoms with Crippen molar-refractivity contribution in [3.8, 4) is 29.1 Å². The molecule has 0 saturated heterocycles. The number of aryl methyl sites for hydroxylation is 1. The fraction of sp³-hybridized carbons (Fsp3) is 0.323. The van der Waals surface area contributed by atoms with Gasteiger partial charge in [-0.1, -0.05) is 0 Å². The summed E-state index contributed by atoms with van der Waals surface area (Å²) in [5.74, 6) is 0.104. The normalized spacial score (nSPS) is 10.7. The van der Waals surface area contributed by atoms with Crippen molar-refractivity contribution in [3.05, 3.63) is 71.9 Å². The Kier molecular flexibility index (Phi) is 10.4. The number of fused-ring (bicyclic) bond motifs is 1. The van der Waals surface area contributed by atoms with Crippen molar-refractivity contribution in [3.63, 3.8) is 0 Å². The highest BCUT2D eigenvalue weighted by Gasteiger charge is 2.18. The van der Waals surface area contributed by atoms with E-state index in [1.165, 1.54) is 13.2 Å². The molecule has 2 heterocycles. The Balaban J connectivity index is 1.47. The van der Waals surface area contributed by atoms with E-state index in [2.05, 4.69) is 32.7 Å². The van der Waals surface area contributed by atoms with Gasteiger partial charge in [-0.25, -0.2) is 14.4 Å². The number of halogens is 1. The molecule has 0 saturated carbocycles. The molecule has 4 aromatic rings. The fourth-order valence-electron chi connectivity index (χ4n) is 4.66. The van der Waals surface area contributed by atoms with Crippen molar-refractivity contribution in [2.75, 3.05) is 38.6 Å². The first-order chi connectivity index (χ1) is 20.5. The molecule has 0 radical (unpaired) electrons. The number of nitriles is 2. The van der Waals surface area contributed by atoms with Crippen molar-refractivity contribution >= 4 is 23.1 Å². The van der Waals surface area contributed by atoms with Crippen LogP contribution < -0.4 is 15.4 Å². The maximum atomic E-state index is 14.3. The first-order valence-corrected chi connectivity index (χ1v) is 13.7. The third-order valence-corrected chi connectivity index (χ3v) is 6.82. The van der Waals surface area contributed by atoms with Crippen molar-refractivity contribution in [2.24, 2.45) is 0 Å². The van der Waals surface area contributed by atoms with Crippen LogP contribution in [0.5, 0.6) is 5.75 Å². The van der Waals surface area contributed by atoms with Crippen LogP contribution in [-0.4, -0.2) is 58.5 Å². The molecule has 0 aliphatic heterocycles. The topological polar surface area (TPSA) is 131 Å². The lowest BCUT2D eigenvalue weighted by Crippen LogP contribution is -2.33. The Morgan fingerprint density at radius 3 is 2.64 bits per heavy atom. The van der Waals surface area contributed by atoms with Gasteiger partial charge >= 0.3 is 0 Å². The first-order valence-electron chi connectivity index (χ1n) is 13.7. The van der Waals surface area contributed by atoms with E-state index in [9.17, 15) is 9.18 Å². The number of amides is 1. The van der Waals surface area contributed by atoms with Gasteiger partial charge in [0, 0.05) is 55.3 Å². The lowest BCUT2D eigenvalue weighted by Gasteiger charge is -2.23. The van der Waals surface area contributed by atoms with E-state index in [0.29, 0.717) is 54.3 Å². The number of aromatic nitrogens is 3. The monoisotopic (exact) mass is 568 g/mol. The van der Waals surface area contributed by atoms with Gasteiger partial charge in [-0.05, 0) is 68.3 Å². The number of carbonyl (C=O) groups is 1. The predicted octanol–water partition coefficient (Wildman–Crippen LogP) is 5.24. The zero-order chi connectivity index (χ0) is 29.9. The quantitative estimate of drug-likeness (QED) is 0.198. The van der Waals surface area contributed by atoms with E-state index < -0.39 is 5.82 Å². The Morgan fingerprint density at radius 2 is 1.90 bits per heavy atom. The van der Waals surface area contributed by atoms with E-state index in [1.54, 1.807) is 41.7 Å². The molecule has 10 nitrogen and oxygen atoms in total. The van der Waals surface area contributed by atoms with Gasteiger partial charge in [0.15, 0.2) is 23.0 Å². The zero-order valence-corrected chi connectivity index (χ0v) is 23.7. The van der Waals surface area contributed by atoms with E-state index in [0.717, 1.165) is 30.6 Å². The molecule has 4 rings (SSSR count). The SMILES string of the molecule is COc1ccc(-c2cnc3c(Nc4ccc(C(=O)N(CCC#N)CCCCNCCC#N)c(C)c4)nccn23)cc1F. The highest BCUT2D eigenvalue weighted by Crippen LogP contribution is 2.29. The Bertz CT molecular complexity index is 1620. The lowest BCUT2D eigenvalue weighted by molar-refractivity contribution is 0.0755. The Morgan fingerprint density at radius 1 is 1.07 bits per heavy atom. The second kappa shape index (κ2) is 14.6. The summed E-state index contributed by atoms with van der Waals surface area (Å²) in [5.41, 5.74) is 4.00. The molecule has 0 spiro atoms. The van der Waals surface area contributed by atoms with E-state index in [4.69, 9.17) is 15.3 Å². The first kappa shape index (κ1) is 30.0. The van der Waals surface area contributed by atoms with E-state index in [-0.39, 0.29) is 18.1 Å². The molecule has 42 heavy (non-hydrogen) atoms. The van der Waals surface area contributed by atoms with Crippen LogP contribution in [0.1, 0.15) is 41.6 Å². The predicted molar refractivity (Wildman–Crippen MR) is 158 cm³/mol. The number of nitrogens with zero attached hydrogens (tertiary/aromatic N) is 6. The molecular formula is C31H33FN8O2. The number of imidazole rings is 1. The summed E-state index contributed by atoms with van der Waals surface area (Å²) in [5, 5.41) is 24.2. The molecule has 1 amide bonds. The third kappa shape index (κ3) is 7.19. The summed E-state index contributed by atoms with van der Waals surface area (Å²) in [6.07, 6.45) is 7.44. The van der Waals surface area contributed by atoms with Crippen molar-refractivity contribution in [1.82, 2.24) is 24.6 Å². The summed E-state index contributed by atoms with van der Waals surface area (Å²) < 4.78 is 21.2. The molecule has 0 aliphatic rings. The van der Waals surface area contributed by atoms with Crippen LogP contribution in [0.15, 0.2) is 55.0 Å². The van der Waals surface area contributed by atoms with Gasteiger partial charge < -0.3 is 20.3 Å². The van der Waals surface area contributed by atoms with Gasteiger partial charge in [0.25, 0.3) is 5.91 Å². The van der Waals surface area contributed by atoms with Gasteiger partial charge in [0.05, 0.1) is 37.6 Å². The number of anilines is 2. The van der Waals surface area contributed by atoms with Crippen LogP contribution in [0.4, 0.5) is 15.9 Å². The highest BCUT2D eigenvalue weighted by molar-refractivity contribution is 5.96. The molecule has 0 aliphatic carbocycles. The number of carbonyl (C=O) groups excluding carboxylic acids is 1. The number of nitrogens with one attached hydrogen (secondary N) is 2. The van der Waals surface area contributed by atoms with E-state index in [1.807, 2.05) is 23.5 Å². The summed E-state index contributed by atoms with van der Waals surface area (Å²) in [4.78, 5) is 24.1. The molecule has 216 valence electrons. The molecule has 0 fully saturated rings. The van der Waals surface area contributed by atoms with Crippen molar-refractivity contribution in [2.45, 2.75) is 32.6 Å². The van der Waals surface area contributed by atoms with Crippen molar-refractivity contribution < 1.29 is 13.9 Å². The molecule has 0 atom stereocenters. The van der Waals surface area contributed by atoms with Crippen molar-refractivity contribution in [1.29, 1.82) is 10.5 Å². The molecule has 2 aromatic heterocycles. The number of methoxy groups -OCH3 is 1. The van der Waals surface area contributed by atoms with E-state index >= 15 is 0 Å². The molecule has 2 N–H and O–H groups in total. The number of unbranched alkanes of at least 4 members (excludes halogenated alkanes) is 1. The highest BCUT2D eigenvalue weighted by atomic mass is 19.1. The lowest BCUT2D eigenvalue weighted by atomic mass is 10.1. The standard InChI is InChI=1S/C31H33FN8O2/c1-22-19-24(8-9-25(22)31(41)39(17-6-12-34)16-4-3-13-35-14-5-11-33)38-29-30-37-21-27(40(30)18-15-36-29)23-7-10-28(42-2)26(32)20-23/h7-10,15,18-21,35H,3-6,13-14,16-17H2,1-2H3,(H,36,38). The number of hydrogen-bond donors (Lipinski definition) is 2. The Hall–Kier alpha value is -5.00. The summed E-state index contributed by atoms with van der Waals surface area (Å²) in [6.45, 7) is 4.22. The molecule has 0 unspecified atom stereocenters. The molecule has 11 heteroatoms. The van der Waals surface area contributed by atoms with Crippen LogP contribution in [0.3, 0.4) is 0 Å². The van der Waals surface area contributed by atoms with Crippen LogP contribution in [0.2, 0.25) is 0 Å². The minimum Gasteiger partial charge on any atom is -0.494 e. The van der Waals surface area contributed by atoms with Crippen LogP contribution in [-0.2, 0) is 0 Å². The smallest absolute Gasteiger partial charge is 0.254 e. The molecule has 0 bridgehead atoms. The molecule has 2 aromatic carbocycles. The summed E-state index contributed by atoms with van der Waals surface area (Å²) in [6, 6.07) is 14.5. The van der Waals surface area contributed by atoms with Crippen LogP contribution in [0.25, 0.3) is 16.9 Å². The number of rotatable bonds is 14. The zero-order valence-electron chi connectivity index (χ0n) is 23.7. The Labute approximate surface area is 244 Å². The third-order valence-electron chi connectivity index (χ3n) is 6.82. The maximum absolute atomic E-state index is 14.3. The van der Waals surface area contributed by atoms with Crippen LogP contribution in [0, 0.1) is 35.4 Å². The van der Waals surface area contributed by atoms with Gasteiger partial charge in [-0.2, -0.15) is 10.5 Å². The largest absolute Gasteiger partial charge is 0.494 e. The fourth-order valence-corrected chi connectivity index (χ4v) is 4.66. The summed E-state index contributed by atoms with van der Waals surface area (Å²) >= 11 is 0. The van der Waals surface area contributed by atoms with Gasteiger partial charge in [0.1, 0.15) is 0 Å². The van der Waals surface area contributed by atoms with Gasteiger partial charge in [-0.15, -0.1) is 0 Å². The average Bonchev–Trinajstić information content (AvgIpc) is 3.43. The second-order valence-corrected chi connectivity index (χ2v) is 9.68. The maximum Gasteiger partial charge on any atom is 0.254 e. The number of ether oxygens (including phenoxy) is 1. The minimum atomic E-state index is -0.460. The van der Waals surface area contributed by atoms with Gasteiger partial charge in [-0.3, -0.25) is 9.20 Å². The average molecular weight is 569 g/mol. The number of hydrogen-bond acceptors (Lipinski definition) is 8. The summed E-state index contributed by atoms with van der Waals surface area (Å²) in [7, 11) is 1.42. The molecular weight excluding hydrogens is 535 g/mol. The second-order valence-electron chi connectivity index (χ2n) is 9.68. The number of benzene rings is 2. The van der Waals surface area contributed by atoms with Crippen LogP contribution >= 0.6 is 0 Å². The minimum absolute atomic E-state index is 0.114. The van der Waals surface area contributed by atoms with Gasteiger partial charge in [0.2, 0.25) is 0 Å².